The van der Waals surface area contributed by atoms with Gasteiger partial charge < -0.3 is 9.84 Å². The van der Waals surface area contributed by atoms with Crippen molar-refractivity contribution in [1.29, 1.82) is 0 Å². The molecule has 0 aliphatic heterocycles. The first-order valence-electron chi connectivity index (χ1n) is 8.18. The number of aliphatic hydroxyl groups is 1. The van der Waals surface area contributed by atoms with Crippen LogP contribution in [0.2, 0.25) is 0 Å². The monoisotopic (exact) mass is 344 g/mol. The van der Waals surface area contributed by atoms with Gasteiger partial charge in [-0.3, -0.25) is 0 Å². The van der Waals surface area contributed by atoms with Crippen LogP contribution in [0.4, 0.5) is 4.39 Å². The fraction of sp³-hybridized carbons (Fsp3) is 0.647. The van der Waals surface area contributed by atoms with Crippen LogP contribution in [-0.4, -0.2) is 38.2 Å². The Balaban J connectivity index is 2.08. The lowest BCUT2D eigenvalue weighted by atomic mass is 9.98. The van der Waals surface area contributed by atoms with Crippen LogP contribution in [0.1, 0.15) is 44.1 Å². The molecule has 0 radical (unpaired) electrons. The molecule has 0 aromatic heterocycles. The minimum absolute atomic E-state index is 0.0111. The zero-order valence-corrected chi connectivity index (χ0v) is 14.3. The molecule has 1 N–H and O–H groups in total. The van der Waals surface area contributed by atoms with E-state index in [4.69, 9.17) is 9.84 Å². The Hall–Kier alpha value is -1.14. The van der Waals surface area contributed by atoms with Gasteiger partial charge in [0.05, 0.1) is 18.1 Å². The summed E-state index contributed by atoms with van der Waals surface area (Å²) >= 11 is 0. The molecular formula is C17H25FO4S. The van der Waals surface area contributed by atoms with E-state index in [9.17, 15) is 12.8 Å². The van der Waals surface area contributed by atoms with E-state index < -0.39 is 15.7 Å². The molecule has 1 aliphatic rings. The molecule has 0 spiro atoms. The van der Waals surface area contributed by atoms with Crippen molar-refractivity contribution in [2.45, 2.75) is 38.5 Å². The third-order valence-corrected chi connectivity index (χ3v) is 5.98. The van der Waals surface area contributed by atoms with Crippen LogP contribution < -0.4 is 4.74 Å². The Morgan fingerprint density at radius 3 is 2.74 bits per heavy atom. The Morgan fingerprint density at radius 1 is 1.39 bits per heavy atom. The number of hydrogen-bond acceptors (Lipinski definition) is 4. The molecule has 0 unspecified atom stereocenters. The lowest BCUT2D eigenvalue weighted by Gasteiger charge is -2.17. The highest BCUT2D eigenvalue weighted by Gasteiger charge is 2.24. The molecule has 23 heavy (non-hydrogen) atoms. The highest BCUT2D eigenvalue weighted by atomic mass is 32.2. The molecule has 2 rings (SSSR count). The van der Waals surface area contributed by atoms with E-state index in [-0.39, 0.29) is 36.2 Å². The van der Waals surface area contributed by atoms with Gasteiger partial charge in [-0.25, -0.2) is 12.8 Å². The number of ether oxygens (including phenoxy) is 1. The first-order valence-corrected chi connectivity index (χ1v) is 10.0. The highest BCUT2D eigenvalue weighted by molar-refractivity contribution is 7.91. The topological polar surface area (TPSA) is 63.6 Å². The normalized spacial score (nSPS) is 16.3. The van der Waals surface area contributed by atoms with E-state index in [2.05, 4.69) is 0 Å². The van der Waals surface area contributed by atoms with Crippen molar-refractivity contribution in [2.75, 3.05) is 24.7 Å². The molecule has 0 amide bonds. The number of benzene rings is 1. The van der Waals surface area contributed by atoms with Crippen LogP contribution in [0.15, 0.2) is 18.2 Å². The van der Waals surface area contributed by atoms with Crippen LogP contribution in [0.5, 0.6) is 5.75 Å². The molecule has 0 heterocycles. The van der Waals surface area contributed by atoms with Crippen molar-refractivity contribution in [3.05, 3.63) is 29.6 Å². The quantitative estimate of drug-likeness (QED) is 0.709. The molecule has 1 aromatic carbocycles. The predicted molar refractivity (Wildman–Crippen MR) is 88.0 cm³/mol. The van der Waals surface area contributed by atoms with Crippen molar-refractivity contribution in [3.63, 3.8) is 0 Å². The molecular weight excluding hydrogens is 319 g/mol. The number of hydrogen-bond donors (Lipinski definition) is 1. The van der Waals surface area contributed by atoms with E-state index >= 15 is 0 Å². The summed E-state index contributed by atoms with van der Waals surface area (Å²) in [5, 5.41) is 8.79. The van der Waals surface area contributed by atoms with Gasteiger partial charge in [0.25, 0.3) is 0 Å². The molecule has 0 bridgehead atoms. The maximum Gasteiger partial charge on any atom is 0.165 e. The zero-order valence-electron chi connectivity index (χ0n) is 13.5. The number of aliphatic hydroxyl groups excluding tert-OH is 1. The second kappa shape index (κ2) is 8.11. The van der Waals surface area contributed by atoms with Crippen molar-refractivity contribution in [3.8, 4) is 5.75 Å². The molecule has 1 aliphatic carbocycles. The molecule has 4 nitrogen and oxygen atoms in total. The molecule has 1 atom stereocenters. The SMILES string of the molecule is CC[C@@H](CS(=O)(=O)CCCO)c1ccc(F)c(OCC2CC2)c1. The molecule has 6 heteroatoms. The molecule has 1 saturated carbocycles. The van der Waals surface area contributed by atoms with E-state index in [0.717, 1.165) is 18.4 Å². The fourth-order valence-corrected chi connectivity index (χ4v) is 4.28. The van der Waals surface area contributed by atoms with Gasteiger partial charge in [-0.15, -0.1) is 0 Å². The van der Waals surface area contributed by atoms with Crippen LogP contribution in [0, 0.1) is 11.7 Å². The number of halogens is 1. The van der Waals surface area contributed by atoms with Gasteiger partial charge in [-0.2, -0.15) is 0 Å². The van der Waals surface area contributed by atoms with Crippen molar-refractivity contribution < 1.29 is 22.7 Å². The minimum Gasteiger partial charge on any atom is -0.490 e. The standard InChI is InChI=1S/C17H25FO4S/c1-2-14(12-23(20,21)9-3-8-19)15-6-7-16(18)17(10-15)22-11-13-4-5-13/h6-7,10,13-14,19H,2-5,8-9,11-12H2,1H3/t14-/m0/s1. The summed E-state index contributed by atoms with van der Waals surface area (Å²) in [4.78, 5) is 0. The van der Waals surface area contributed by atoms with Gasteiger partial charge in [-0.1, -0.05) is 13.0 Å². The molecule has 130 valence electrons. The zero-order chi connectivity index (χ0) is 16.9. The summed E-state index contributed by atoms with van der Waals surface area (Å²) in [6.45, 7) is 2.30. The second-order valence-corrected chi connectivity index (χ2v) is 8.47. The van der Waals surface area contributed by atoms with E-state index in [1.807, 2.05) is 6.92 Å². The smallest absolute Gasteiger partial charge is 0.165 e. The maximum absolute atomic E-state index is 13.8. The van der Waals surface area contributed by atoms with Gasteiger partial charge in [-0.05, 0) is 55.2 Å². The van der Waals surface area contributed by atoms with Crippen LogP contribution in [-0.2, 0) is 9.84 Å². The summed E-state index contributed by atoms with van der Waals surface area (Å²) < 4.78 is 43.6. The predicted octanol–water partition coefficient (Wildman–Crippen LogP) is 2.91. The van der Waals surface area contributed by atoms with Gasteiger partial charge in [0.2, 0.25) is 0 Å². The molecule has 1 aromatic rings. The van der Waals surface area contributed by atoms with Gasteiger partial charge in [0.1, 0.15) is 0 Å². The third-order valence-electron chi connectivity index (χ3n) is 4.16. The Morgan fingerprint density at radius 2 is 2.13 bits per heavy atom. The van der Waals surface area contributed by atoms with Crippen LogP contribution in [0.3, 0.4) is 0 Å². The summed E-state index contributed by atoms with van der Waals surface area (Å²) in [7, 11) is -3.24. The van der Waals surface area contributed by atoms with Crippen LogP contribution in [0.25, 0.3) is 0 Å². The first kappa shape index (κ1) is 18.2. The van der Waals surface area contributed by atoms with Crippen molar-refractivity contribution in [2.24, 2.45) is 5.92 Å². The molecule has 0 saturated heterocycles. The summed E-state index contributed by atoms with van der Waals surface area (Å²) in [6.07, 6.45) is 3.15. The number of sulfone groups is 1. The first-order chi connectivity index (χ1) is 10.9. The summed E-state index contributed by atoms with van der Waals surface area (Å²) in [6, 6.07) is 4.61. The van der Waals surface area contributed by atoms with Gasteiger partial charge >= 0.3 is 0 Å². The molecule has 1 fully saturated rings. The maximum atomic E-state index is 13.8. The average Bonchev–Trinajstić information content (AvgIpc) is 3.34. The van der Waals surface area contributed by atoms with Gasteiger partial charge in [0.15, 0.2) is 21.4 Å². The lowest BCUT2D eigenvalue weighted by Crippen LogP contribution is -2.18. The average molecular weight is 344 g/mol. The Kier molecular flexibility index (Phi) is 6.41. The van der Waals surface area contributed by atoms with E-state index in [0.29, 0.717) is 18.9 Å². The summed E-state index contributed by atoms with van der Waals surface area (Å²) in [5.41, 5.74) is 0.785. The van der Waals surface area contributed by atoms with Crippen LogP contribution >= 0.6 is 0 Å². The second-order valence-electron chi connectivity index (χ2n) is 6.24. The van der Waals surface area contributed by atoms with E-state index in [1.165, 1.54) is 6.07 Å². The number of rotatable bonds is 10. The Labute approximate surface area is 137 Å². The van der Waals surface area contributed by atoms with Crippen molar-refractivity contribution in [1.82, 2.24) is 0 Å². The lowest BCUT2D eigenvalue weighted by molar-refractivity contribution is 0.285. The highest BCUT2D eigenvalue weighted by Crippen LogP contribution is 2.32. The van der Waals surface area contributed by atoms with E-state index in [1.54, 1.807) is 12.1 Å². The summed E-state index contributed by atoms with van der Waals surface area (Å²) in [5.74, 6) is 0.123. The third kappa shape index (κ3) is 5.77. The van der Waals surface area contributed by atoms with Crippen molar-refractivity contribution >= 4 is 9.84 Å². The fourth-order valence-electron chi connectivity index (χ4n) is 2.50. The van der Waals surface area contributed by atoms with Gasteiger partial charge in [0, 0.05) is 6.61 Å². The minimum atomic E-state index is -3.24. The largest absolute Gasteiger partial charge is 0.490 e. The Bertz CT molecular complexity index is 611.